The van der Waals surface area contributed by atoms with Gasteiger partial charge in [0.1, 0.15) is 11.9 Å². The zero-order chi connectivity index (χ0) is 23.2. The first-order chi connectivity index (χ1) is 15.0. The molecule has 2 aromatic carbocycles. The Morgan fingerprint density at radius 3 is 2.56 bits per heavy atom. The average molecular weight is 479 g/mol. The van der Waals surface area contributed by atoms with Gasteiger partial charge in [-0.25, -0.2) is 18.2 Å². The van der Waals surface area contributed by atoms with Crippen LogP contribution in [-0.2, 0) is 6.54 Å². The molecular weight excluding hydrogens is 462 g/mol. The van der Waals surface area contributed by atoms with Crippen molar-refractivity contribution in [2.24, 2.45) is 5.73 Å². The summed E-state index contributed by atoms with van der Waals surface area (Å²) in [6.07, 6.45) is -6.07. The predicted molar refractivity (Wildman–Crippen MR) is 107 cm³/mol. The summed E-state index contributed by atoms with van der Waals surface area (Å²) < 4.78 is 85.8. The maximum absolute atomic E-state index is 14.0. The number of benzene rings is 2. The molecule has 172 valence electrons. The third-order valence-electron chi connectivity index (χ3n) is 5.20. The molecule has 0 bridgehead atoms. The normalized spacial score (nSPS) is 19.6. The fourth-order valence-corrected chi connectivity index (χ4v) is 3.90. The van der Waals surface area contributed by atoms with Gasteiger partial charge in [0.2, 0.25) is 5.95 Å². The number of fused-ring (bicyclic) bond motifs is 1. The minimum atomic E-state index is -4.95. The van der Waals surface area contributed by atoms with E-state index in [1.807, 2.05) is 0 Å². The van der Waals surface area contributed by atoms with Gasteiger partial charge in [-0.1, -0.05) is 11.6 Å². The van der Waals surface area contributed by atoms with Crippen molar-refractivity contribution in [3.63, 3.8) is 0 Å². The lowest BCUT2D eigenvalue weighted by atomic mass is 10.1. The molecular formula is C20H17ClF6N4O. The van der Waals surface area contributed by atoms with E-state index in [1.165, 1.54) is 16.7 Å². The molecule has 0 amide bonds. The Hall–Kier alpha value is -2.66. The molecule has 0 spiro atoms. The van der Waals surface area contributed by atoms with Crippen molar-refractivity contribution in [1.82, 2.24) is 9.55 Å². The van der Waals surface area contributed by atoms with Gasteiger partial charge in [0.05, 0.1) is 23.6 Å². The van der Waals surface area contributed by atoms with Gasteiger partial charge < -0.3 is 19.9 Å². The Morgan fingerprint density at radius 2 is 1.88 bits per heavy atom. The van der Waals surface area contributed by atoms with E-state index in [9.17, 15) is 26.3 Å². The standard InChI is InChI=1S/C20H17ClF6N4O/c21-11-1-2-18(32-20(25,26)27)10(5-11)8-31-17-7-14(24)13(23)6-16(17)29-19(31)30-4-3-12(22)15(28)9-30/h1-2,5-7,12,15H,3-4,8-9,28H2. The Bertz CT molecular complexity index is 1150. The first-order valence-electron chi connectivity index (χ1n) is 9.56. The minimum absolute atomic E-state index is 0.0322. The molecule has 2 heterocycles. The number of rotatable bonds is 4. The molecule has 2 atom stereocenters. The van der Waals surface area contributed by atoms with Gasteiger partial charge in [-0.2, -0.15) is 0 Å². The fraction of sp³-hybridized carbons (Fsp3) is 0.350. The average Bonchev–Trinajstić information content (AvgIpc) is 3.03. The lowest BCUT2D eigenvalue weighted by molar-refractivity contribution is -0.274. The van der Waals surface area contributed by atoms with E-state index < -0.39 is 36.0 Å². The number of nitrogens with two attached hydrogens (primary N) is 1. The molecule has 0 saturated carbocycles. The number of nitrogens with zero attached hydrogens (tertiary/aromatic N) is 3. The van der Waals surface area contributed by atoms with Gasteiger partial charge in [0.25, 0.3) is 0 Å². The molecule has 32 heavy (non-hydrogen) atoms. The van der Waals surface area contributed by atoms with Crippen LogP contribution < -0.4 is 15.4 Å². The number of alkyl halides is 4. The quantitative estimate of drug-likeness (QED) is 0.548. The van der Waals surface area contributed by atoms with Crippen LogP contribution in [0.3, 0.4) is 0 Å². The molecule has 1 aliphatic rings. The number of aromatic nitrogens is 2. The van der Waals surface area contributed by atoms with Crippen LogP contribution in [0.5, 0.6) is 5.75 Å². The molecule has 3 aromatic rings. The summed E-state index contributed by atoms with van der Waals surface area (Å²) in [5.74, 6) is -2.60. The molecule has 0 aliphatic carbocycles. The smallest absolute Gasteiger partial charge is 0.405 e. The number of piperidine rings is 1. The number of halogens is 7. The first-order valence-corrected chi connectivity index (χ1v) is 9.93. The maximum atomic E-state index is 14.0. The first kappa shape index (κ1) is 22.5. The summed E-state index contributed by atoms with van der Waals surface area (Å²) >= 11 is 5.98. The molecule has 2 N–H and O–H groups in total. The highest BCUT2D eigenvalue weighted by atomic mass is 35.5. The van der Waals surface area contributed by atoms with Crippen LogP contribution in [0.25, 0.3) is 11.0 Å². The SMILES string of the molecule is NC1CN(c2nc3cc(F)c(F)cc3n2Cc2cc(Cl)ccc2OC(F)(F)F)CCC1F. The third kappa shape index (κ3) is 4.58. The Labute approximate surface area is 183 Å². The van der Waals surface area contributed by atoms with E-state index >= 15 is 0 Å². The molecule has 0 radical (unpaired) electrons. The summed E-state index contributed by atoms with van der Waals surface area (Å²) in [5, 5.41) is 0.151. The Balaban J connectivity index is 1.83. The summed E-state index contributed by atoms with van der Waals surface area (Å²) in [7, 11) is 0. The van der Waals surface area contributed by atoms with Gasteiger partial charge in [-0.15, -0.1) is 13.2 Å². The van der Waals surface area contributed by atoms with Crippen molar-refractivity contribution in [1.29, 1.82) is 0 Å². The second kappa shape index (κ2) is 8.36. The van der Waals surface area contributed by atoms with Crippen LogP contribution in [-0.4, -0.2) is 41.2 Å². The largest absolute Gasteiger partial charge is 0.573 e. The van der Waals surface area contributed by atoms with Crippen molar-refractivity contribution in [2.45, 2.75) is 31.5 Å². The number of ether oxygens (including phenoxy) is 1. The van der Waals surface area contributed by atoms with Crippen LogP contribution in [0.2, 0.25) is 5.02 Å². The highest BCUT2D eigenvalue weighted by Gasteiger charge is 2.33. The van der Waals surface area contributed by atoms with Crippen molar-refractivity contribution in [2.75, 3.05) is 18.0 Å². The van der Waals surface area contributed by atoms with E-state index in [0.717, 1.165) is 18.2 Å². The van der Waals surface area contributed by atoms with Crippen molar-refractivity contribution in [3.8, 4) is 5.75 Å². The zero-order valence-electron chi connectivity index (χ0n) is 16.3. The molecule has 1 fully saturated rings. The van der Waals surface area contributed by atoms with Crippen molar-refractivity contribution < 1.29 is 31.1 Å². The van der Waals surface area contributed by atoms with E-state index in [2.05, 4.69) is 9.72 Å². The molecule has 2 unspecified atom stereocenters. The van der Waals surface area contributed by atoms with Gasteiger partial charge in [0, 0.05) is 35.8 Å². The molecule has 1 aliphatic heterocycles. The molecule has 12 heteroatoms. The second-order valence-electron chi connectivity index (χ2n) is 7.47. The van der Waals surface area contributed by atoms with E-state index in [0.29, 0.717) is 0 Å². The van der Waals surface area contributed by atoms with E-state index in [1.54, 1.807) is 4.90 Å². The molecule has 4 rings (SSSR count). The minimum Gasteiger partial charge on any atom is -0.405 e. The summed E-state index contributed by atoms with van der Waals surface area (Å²) in [5.41, 5.74) is 6.07. The highest BCUT2D eigenvalue weighted by Crippen LogP contribution is 2.33. The number of imidazole rings is 1. The van der Waals surface area contributed by atoms with Crippen molar-refractivity contribution in [3.05, 3.63) is 52.6 Å². The van der Waals surface area contributed by atoms with Crippen LogP contribution in [0.4, 0.5) is 32.3 Å². The molecule has 1 saturated heterocycles. The summed E-state index contributed by atoms with van der Waals surface area (Å²) in [6.45, 7) is 0.0230. The van der Waals surface area contributed by atoms with E-state index in [4.69, 9.17) is 17.3 Å². The van der Waals surface area contributed by atoms with Gasteiger partial charge in [0.15, 0.2) is 11.6 Å². The van der Waals surface area contributed by atoms with Crippen molar-refractivity contribution >= 4 is 28.6 Å². The van der Waals surface area contributed by atoms with Crippen LogP contribution in [0.15, 0.2) is 30.3 Å². The van der Waals surface area contributed by atoms with Crippen LogP contribution in [0, 0.1) is 11.6 Å². The van der Waals surface area contributed by atoms with Crippen LogP contribution >= 0.6 is 11.6 Å². The van der Waals surface area contributed by atoms with Gasteiger partial charge >= 0.3 is 6.36 Å². The number of hydrogen-bond acceptors (Lipinski definition) is 4. The Kier molecular flexibility index (Phi) is 5.89. The number of anilines is 1. The highest BCUT2D eigenvalue weighted by molar-refractivity contribution is 6.30. The molecule has 1 aromatic heterocycles. The summed E-state index contributed by atoms with van der Waals surface area (Å²) in [4.78, 5) is 5.96. The van der Waals surface area contributed by atoms with E-state index in [-0.39, 0.29) is 53.6 Å². The number of hydrogen-bond donors (Lipinski definition) is 1. The second-order valence-corrected chi connectivity index (χ2v) is 7.90. The van der Waals surface area contributed by atoms with Gasteiger partial charge in [-0.3, -0.25) is 0 Å². The topological polar surface area (TPSA) is 56.3 Å². The van der Waals surface area contributed by atoms with Gasteiger partial charge in [-0.05, 0) is 24.6 Å². The lowest BCUT2D eigenvalue weighted by Gasteiger charge is -2.34. The lowest BCUT2D eigenvalue weighted by Crippen LogP contribution is -2.50. The van der Waals surface area contributed by atoms with Crippen LogP contribution in [0.1, 0.15) is 12.0 Å². The zero-order valence-corrected chi connectivity index (χ0v) is 17.1. The summed E-state index contributed by atoms with van der Waals surface area (Å²) in [6, 6.07) is 4.54. The Morgan fingerprint density at radius 1 is 1.16 bits per heavy atom. The maximum Gasteiger partial charge on any atom is 0.573 e. The fourth-order valence-electron chi connectivity index (χ4n) is 3.71. The monoisotopic (exact) mass is 478 g/mol. The third-order valence-corrected chi connectivity index (χ3v) is 5.44. The molecule has 5 nitrogen and oxygen atoms in total. The predicted octanol–water partition coefficient (Wildman–Crippen LogP) is 4.79.